The van der Waals surface area contributed by atoms with E-state index >= 15 is 0 Å². The predicted molar refractivity (Wildman–Crippen MR) is 79.3 cm³/mol. The molecule has 0 aliphatic heterocycles. The van der Waals surface area contributed by atoms with E-state index in [1.54, 1.807) is 28.1 Å². The molecule has 1 N–H and O–H groups in total. The number of benzene rings is 1. The van der Waals surface area contributed by atoms with Gasteiger partial charge >= 0.3 is 0 Å². The second kappa shape index (κ2) is 6.81. The number of hydrogen-bond acceptors (Lipinski definition) is 4. The molecule has 1 aromatic heterocycles. The van der Waals surface area contributed by atoms with Crippen molar-refractivity contribution in [1.29, 1.82) is 0 Å². The molecule has 1 heterocycles. The molecule has 6 heteroatoms. The largest absolute Gasteiger partial charge is 0.395 e. The predicted octanol–water partition coefficient (Wildman–Crippen LogP) is 1.20. The van der Waals surface area contributed by atoms with Gasteiger partial charge in [0.15, 0.2) is 0 Å². The van der Waals surface area contributed by atoms with Crippen LogP contribution in [0.15, 0.2) is 43.5 Å². The van der Waals surface area contributed by atoms with Crippen LogP contribution in [0.4, 0.5) is 0 Å². The Balaban J connectivity index is 2.27. The topological polar surface area (TPSA) is 71.2 Å². The number of hydrogen-bond donors (Lipinski definition) is 1. The van der Waals surface area contributed by atoms with Crippen molar-refractivity contribution < 1.29 is 9.90 Å². The first-order valence-electron chi connectivity index (χ1n) is 6.64. The van der Waals surface area contributed by atoms with Crippen LogP contribution in [0.5, 0.6) is 0 Å². The molecule has 21 heavy (non-hydrogen) atoms. The molecule has 1 aromatic carbocycles. The fraction of sp³-hybridized carbons (Fsp3) is 0.267. The average molecular weight is 286 g/mol. The summed E-state index contributed by atoms with van der Waals surface area (Å²) in [6.45, 7) is 6.13. The van der Waals surface area contributed by atoms with Gasteiger partial charge < -0.3 is 10.0 Å². The van der Waals surface area contributed by atoms with Crippen LogP contribution >= 0.6 is 0 Å². The molecule has 1 amide bonds. The van der Waals surface area contributed by atoms with Crippen LogP contribution in [0.25, 0.3) is 5.69 Å². The van der Waals surface area contributed by atoms with Crippen molar-refractivity contribution in [1.82, 2.24) is 19.7 Å². The Labute approximate surface area is 123 Å². The van der Waals surface area contributed by atoms with E-state index in [1.165, 1.54) is 6.33 Å². The van der Waals surface area contributed by atoms with E-state index in [0.717, 1.165) is 11.3 Å². The zero-order chi connectivity index (χ0) is 15.2. The molecule has 0 saturated heterocycles. The van der Waals surface area contributed by atoms with Gasteiger partial charge in [-0.3, -0.25) is 4.79 Å². The number of aliphatic hydroxyl groups is 1. The molecule has 0 radical (unpaired) electrons. The van der Waals surface area contributed by atoms with Gasteiger partial charge in [0, 0.05) is 18.7 Å². The molecule has 0 unspecified atom stereocenters. The van der Waals surface area contributed by atoms with Crippen LogP contribution in [-0.2, 0) is 0 Å². The fourth-order valence-electron chi connectivity index (χ4n) is 2.09. The number of aryl methyl sites for hydroxylation is 1. The van der Waals surface area contributed by atoms with E-state index in [1.807, 2.05) is 19.1 Å². The first kappa shape index (κ1) is 14.9. The van der Waals surface area contributed by atoms with Crippen LogP contribution in [0, 0.1) is 6.92 Å². The lowest BCUT2D eigenvalue weighted by molar-refractivity contribution is 0.0742. The number of carbonyl (C=O) groups is 1. The summed E-state index contributed by atoms with van der Waals surface area (Å²) in [5.74, 6) is -0.119. The van der Waals surface area contributed by atoms with Gasteiger partial charge in [-0.05, 0) is 30.7 Å². The molecular weight excluding hydrogens is 268 g/mol. The Bertz CT molecular complexity index is 623. The molecular formula is C15H18N4O2. The molecule has 110 valence electrons. The van der Waals surface area contributed by atoms with Crippen molar-refractivity contribution >= 4 is 5.91 Å². The third kappa shape index (κ3) is 3.35. The minimum atomic E-state index is -0.119. The van der Waals surface area contributed by atoms with Gasteiger partial charge in [0.1, 0.15) is 12.7 Å². The maximum atomic E-state index is 12.5. The highest BCUT2D eigenvalue weighted by molar-refractivity contribution is 5.96. The highest BCUT2D eigenvalue weighted by Crippen LogP contribution is 2.16. The summed E-state index contributed by atoms with van der Waals surface area (Å²) < 4.78 is 1.64. The number of carbonyl (C=O) groups excluding carboxylic acids is 1. The standard InChI is InChI=1S/C15H18N4O2/c1-3-6-18(7-8-20)15(21)14-5-4-13(9-12(14)2)19-11-16-10-17-19/h3-5,9-11,20H,1,6-8H2,2H3. The Kier molecular flexibility index (Phi) is 4.84. The summed E-state index contributed by atoms with van der Waals surface area (Å²) in [5.41, 5.74) is 2.30. The van der Waals surface area contributed by atoms with E-state index in [4.69, 9.17) is 5.11 Å². The third-order valence-corrected chi connectivity index (χ3v) is 3.13. The van der Waals surface area contributed by atoms with Crippen LogP contribution in [0.3, 0.4) is 0 Å². The first-order chi connectivity index (χ1) is 10.2. The normalized spacial score (nSPS) is 10.4. The molecule has 0 saturated carbocycles. The van der Waals surface area contributed by atoms with Gasteiger partial charge in [0.05, 0.1) is 12.3 Å². The van der Waals surface area contributed by atoms with Crippen molar-refractivity contribution in [2.45, 2.75) is 6.92 Å². The minimum absolute atomic E-state index is 0.0737. The number of aromatic nitrogens is 3. The smallest absolute Gasteiger partial charge is 0.254 e. The van der Waals surface area contributed by atoms with Crippen molar-refractivity contribution in [3.63, 3.8) is 0 Å². The molecule has 0 aliphatic rings. The number of aliphatic hydroxyl groups excluding tert-OH is 1. The van der Waals surface area contributed by atoms with Crippen molar-refractivity contribution in [2.24, 2.45) is 0 Å². The lowest BCUT2D eigenvalue weighted by Crippen LogP contribution is -2.34. The molecule has 0 atom stereocenters. The van der Waals surface area contributed by atoms with E-state index in [2.05, 4.69) is 16.7 Å². The first-order valence-corrected chi connectivity index (χ1v) is 6.64. The zero-order valence-electron chi connectivity index (χ0n) is 11.9. The van der Waals surface area contributed by atoms with Gasteiger partial charge in [-0.1, -0.05) is 6.08 Å². The van der Waals surface area contributed by atoms with Crippen LogP contribution < -0.4 is 0 Å². The highest BCUT2D eigenvalue weighted by atomic mass is 16.3. The van der Waals surface area contributed by atoms with Crippen molar-refractivity contribution in [3.8, 4) is 5.69 Å². The van der Waals surface area contributed by atoms with Gasteiger partial charge in [-0.2, -0.15) is 5.10 Å². The Morgan fingerprint density at radius 1 is 1.52 bits per heavy atom. The second-order valence-corrected chi connectivity index (χ2v) is 4.60. The van der Waals surface area contributed by atoms with Crippen LogP contribution in [-0.4, -0.2) is 50.4 Å². The summed E-state index contributed by atoms with van der Waals surface area (Å²) in [7, 11) is 0. The monoisotopic (exact) mass is 286 g/mol. The van der Waals surface area contributed by atoms with Crippen molar-refractivity contribution in [2.75, 3.05) is 19.7 Å². The lowest BCUT2D eigenvalue weighted by atomic mass is 10.1. The molecule has 0 bridgehead atoms. The SMILES string of the molecule is C=CCN(CCO)C(=O)c1ccc(-n2cncn2)cc1C. The quantitative estimate of drug-likeness (QED) is 0.810. The van der Waals surface area contributed by atoms with Crippen LogP contribution in [0.1, 0.15) is 15.9 Å². The summed E-state index contributed by atoms with van der Waals surface area (Å²) in [5, 5.41) is 13.1. The van der Waals surface area contributed by atoms with Gasteiger partial charge in [0.2, 0.25) is 0 Å². The highest BCUT2D eigenvalue weighted by Gasteiger charge is 2.16. The Morgan fingerprint density at radius 2 is 2.33 bits per heavy atom. The molecule has 0 spiro atoms. The van der Waals surface area contributed by atoms with E-state index < -0.39 is 0 Å². The van der Waals surface area contributed by atoms with Gasteiger partial charge in [-0.25, -0.2) is 9.67 Å². The third-order valence-electron chi connectivity index (χ3n) is 3.13. The average Bonchev–Trinajstić information content (AvgIpc) is 3.00. The molecule has 2 rings (SSSR count). The summed E-state index contributed by atoms with van der Waals surface area (Å²) >= 11 is 0. The Hall–Kier alpha value is -2.47. The van der Waals surface area contributed by atoms with E-state index in [9.17, 15) is 4.79 Å². The maximum Gasteiger partial charge on any atom is 0.254 e. The minimum Gasteiger partial charge on any atom is -0.395 e. The van der Waals surface area contributed by atoms with E-state index in [0.29, 0.717) is 12.1 Å². The second-order valence-electron chi connectivity index (χ2n) is 4.60. The fourth-order valence-corrected chi connectivity index (χ4v) is 2.09. The molecule has 2 aromatic rings. The number of amides is 1. The zero-order valence-corrected chi connectivity index (χ0v) is 11.9. The summed E-state index contributed by atoms with van der Waals surface area (Å²) in [6.07, 6.45) is 4.71. The number of rotatable bonds is 6. The molecule has 6 nitrogen and oxygen atoms in total. The molecule has 0 aliphatic carbocycles. The maximum absolute atomic E-state index is 12.5. The van der Waals surface area contributed by atoms with Gasteiger partial charge in [0.25, 0.3) is 5.91 Å². The Morgan fingerprint density at radius 3 is 2.90 bits per heavy atom. The van der Waals surface area contributed by atoms with Crippen LogP contribution in [0.2, 0.25) is 0 Å². The summed E-state index contributed by atoms with van der Waals surface area (Å²) in [4.78, 5) is 17.9. The van der Waals surface area contributed by atoms with Crippen molar-refractivity contribution in [3.05, 3.63) is 54.6 Å². The lowest BCUT2D eigenvalue weighted by Gasteiger charge is -2.21. The molecule has 0 fully saturated rings. The van der Waals surface area contributed by atoms with Gasteiger partial charge in [-0.15, -0.1) is 6.58 Å². The number of nitrogens with zero attached hydrogens (tertiary/aromatic N) is 4. The van der Waals surface area contributed by atoms with E-state index in [-0.39, 0.29) is 19.1 Å². The summed E-state index contributed by atoms with van der Waals surface area (Å²) in [6, 6.07) is 5.47.